The lowest BCUT2D eigenvalue weighted by molar-refractivity contribution is 0.0489. The van der Waals surface area contributed by atoms with E-state index in [9.17, 15) is 29.4 Å². The van der Waals surface area contributed by atoms with Crippen LogP contribution in [0.15, 0.2) is 84.9 Å². The van der Waals surface area contributed by atoms with Crippen molar-refractivity contribution < 1.29 is 38.9 Å². The second-order valence-corrected chi connectivity index (χ2v) is 9.59. The number of hydrogen-bond donors (Lipinski definition) is 2. The first-order chi connectivity index (χ1) is 20.3. The molecule has 0 radical (unpaired) electrons. The number of ketones is 2. The van der Waals surface area contributed by atoms with Gasteiger partial charge in [0.05, 0.1) is 28.9 Å². The summed E-state index contributed by atoms with van der Waals surface area (Å²) in [5.41, 5.74) is -1.03. The van der Waals surface area contributed by atoms with Gasteiger partial charge in [-0.15, -0.1) is 0 Å². The van der Waals surface area contributed by atoms with Crippen molar-refractivity contribution in [1.82, 2.24) is 0 Å². The van der Waals surface area contributed by atoms with Gasteiger partial charge in [-0.05, 0) is 31.0 Å². The number of rotatable bonds is 11. The first-order valence-corrected chi connectivity index (χ1v) is 13.5. The standard InChI is InChI=1S/C34H30O8/c1-3-4-13-20-41-34(40)25-26(28(35)22-15-7-5-8-16-22)30(37)31(38)32(42-33(39)23-17-9-6-10-18-23)27(25)29(36)24-19-12-11-14-21(24)2/h5-12,14-19,37-38H,3-4,13,20H2,1-2H3. The maximum Gasteiger partial charge on any atom is 0.343 e. The van der Waals surface area contributed by atoms with E-state index in [1.165, 1.54) is 30.3 Å². The normalized spacial score (nSPS) is 10.6. The number of hydrogen-bond acceptors (Lipinski definition) is 8. The molecule has 0 unspecified atom stereocenters. The van der Waals surface area contributed by atoms with E-state index < -0.39 is 57.4 Å². The number of unbranched alkanes of at least 4 members (excludes halogenated alkanes) is 2. The number of ether oxygens (including phenoxy) is 2. The number of phenolic OH excluding ortho intramolecular Hbond substituents is 2. The molecular weight excluding hydrogens is 536 g/mol. The molecule has 0 amide bonds. The van der Waals surface area contributed by atoms with Crippen molar-refractivity contribution in [3.63, 3.8) is 0 Å². The third-order valence-electron chi connectivity index (χ3n) is 6.67. The smallest absolute Gasteiger partial charge is 0.343 e. The predicted octanol–water partition coefficient (Wildman–Crippen LogP) is 6.43. The molecule has 0 aliphatic heterocycles. The molecule has 0 aliphatic rings. The van der Waals surface area contributed by atoms with Gasteiger partial charge in [-0.1, -0.05) is 92.6 Å². The highest BCUT2D eigenvalue weighted by Gasteiger charge is 2.37. The molecule has 4 rings (SSSR count). The molecule has 2 N–H and O–H groups in total. The van der Waals surface area contributed by atoms with E-state index in [1.807, 2.05) is 6.92 Å². The van der Waals surface area contributed by atoms with E-state index >= 15 is 0 Å². The number of phenols is 2. The van der Waals surface area contributed by atoms with Crippen LogP contribution in [0.4, 0.5) is 0 Å². The summed E-state index contributed by atoms with van der Waals surface area (Å²) in [5.74, 6) is -6.55. The lowest BCUT2D eigenvalue weighted by Crippen LogP contribution is -2.22. The molecule has 0 spiro atoms. The quantitative estimate of drug-likeness (QED) is 0.0699. The third-order valence-corrected chi connectivity index (χ3v) is 6.67. The number of aromatic hydroxyl groups is 2. The van der Waals surface area contributed by atoms with E-state index in [-0.39, 0.29) is 23.3 Å². The fourth-order valence-electron chi connectivity index (χ4n) is 4.45. The van der Waals surface area contributed by atoms with Crippen LogP contribution in [-0.4, -0.2) is 40.3 Å². The number of aryl methyl sites for hydroxylation is 1. The van der Waals surface area contributed by atoms with Gasteiger partial charge in [0.15, 0.2) is 23.1 Å². The molecule has 214 valence electrons. The van der Waals surface area contributed by atoms with Crippen molar-refractivity contribution in [3.8, 4) is 17.2 Å². The summed E-state index contributed by atoms with van der Waals surface area (Å²) in [4.78, 5) is 54.8. The molecule has 8 nitrogen and oxygen atoms in total. The molecule has 4 aromatic carbocycles. The summed E-state index contributed by atoms with van der Waals surface area (Å²) in [6.45, 7) is 3.62. The van der Waals surface area contributed by atoms with Crippen LogP contribution in [0, 0.1) is 6.92 Å². The average Bonchev–Trinajstić information content (AvgIpc) is 3.01. The molecule has 0 atom stereocenters. The van der Waals surface area contributed by atoms with E-state index in [0.29, 0.717) is 12.0 Å². The number of esters is 2. The Morgan fingerprint density at radius 1 is 0.643 bits per heavy atom. The molecule has 0 heterocycles. The highest BCUT2D eigenvalue weighted by atomic mass is 16.5. The molecule has 0 saturated heterocycles. The average molecular weight is 567 g/mol. The number of carbonyl (C=O) groups is 4. The van der Waals surface area contributed by atoms with Crippen molar-refractivity contribution in [3.05, 3.63) is 124 Å². The first-order valence-electron chi connectivity index (χ1n) is 13.5. The molecule has 0 fully saturated rings. The largest absolute Gasteiger partial charge is 0.504 e. The van der Waals surface area contributed by atoms with Crippen molar-refractivity contribution >= 4 is 23.5 Å². The van der Waals surface area contributed by atoms with Gasteiger partial charge in [0.1, 0.15) is 0 Å². The molecule has 0 aliphatic carbocycles. The van der Waals surface area contributed by atoms with Gasteiger partial charge in [-0.3, -0.25) is 9.59 Å². The molecule has 42 heavy (non-hydrogen) atoms. The van der Waals surface area contributed by atoms with Gasteiger partial charge in [-0.25, -0.2) is 9.59 Å². The Hall–Kier alpha value is -5.24. The summed E-state index contributed by atoms with van der Waals surface area (Å²) in [5, 5.41) is 22.4. The Kier molecular flexibility index (Phi) is 9.50. The van der Waals surface area contributed by atoms with Crippen LogP contribution in [0.3, 0.4) is 0 Å². The number of benzene rings is 4. The minimum Gasteiger partial charge on any atom is -0.504 e. The highest BCUT2D eigenvalue weighted by Crippen LogP contribution is 2.46. The van der Waals surface area contributed by atoms with Crippen LogP contribution < -0.4 is 4.74 Å². The van der Waals surface area contributed by atoms with Crippen molar-refractivity contribution in [1.29, 1.82) is 0 Å². The zero-order valence-corrected chi connectivity index (χ0v) is 23.3. The van der Waals surface area contributed by atoms with Crippen LogP contribution in [0.5, 0.6) is 17.2 Å². The fourth-order valence-corrected chi connectivity index (χ4v) is 4.45. The maximum absolute atomic E-state index is 14.2. The summed E-state index contributed by atoms with van der Waals surface area (Å²) in [7, 11) is 0. The maximum atomic E-state index is 14.2. The van der Waals surface area contributed by atoms with Crippen molar-refractivity contribution in [2.75, 3.05) is 6.61 Å². The summed E-state index contributed by atoms with van der Waals surface area (Å²) >= 11 is 0. The van der Waals surface area contributed by atoms with Gasteiger partial charge in [0, 0.05) is 11.1 Å². The van der Waals surface area contributed by atoms with E-state index in [4.69, 9.17) is 9.47 Å². The van der Waals surface area contributed by atoms with Crippen LogP contribution in [0.1, 0.15) is 84.3 Å². The fraction of sp³-hybridized carbons (Fsp3) is 0.176. The van der Waals surface area contributed by atoms with Gasteiger partial charge < -0.3 is 19.7 Å². The van der Waals surface area contributed by atoms with E-state index in [2.05, 4.69) is 0 Å². The van der Waals surface area contributed by atoms with E-state index in [1.54, 1.807) is 61.5 Å². The van der Waals surface area contributed by atoms with E-state index in [0.717, 1.165) is 12.8 Å². The minimum absolute atomic E-state index is 0.0234. The SMILES string of the molecule is CCCCCOC(=O)c1c(C(=O)c2ccccc2)c(O)c(O)c(OC(=O)c2ccccc2)c1C(=O)c1ccccc1C. The minimum atomic E-state index is -1.09. The van der Waals surface area contributed by atoms with Crippen molar-refractivity contribution in [2.45, 2.75) is 33.1 Å². The first kappa shape index (κ1) is 29.7. The second-order valence-electron chi connectivity index (χ2n) is 9.59. The topological polar surface area (TPSA) is 127 Å². The molecule has 8 heteroatoms. The molecule has 4 aromatic rings. The lowest BCUT2D eigenvalue weighted by atomic mass is 9.87. The molecule has 0 aromatic heterocycles. The zero-order valence-electron chi connectivity index (χ0n) is 23.3. The van der Waals surface area contributed by atoms with Gasteiger partial charge in [-0.2, -0.15) is 0 Å². The van der Waals surface area contributed by atoms with Gasteiger partial charge in [0.2, 0.25) is 5.75 Å². The lowest BCUT2D eigenvalue weighted by Gasteiger charge is -2.20. The monoisotopic (exact) mass is 566 g/mol. The van der Waals surface area contributed by atoms with Crippen LogP contribution in [0.2, 0.25) is 0 Å². The molecule has 0 saturated carbocycles. The summed E-state index contributed by atoms with van der Waals surface area (Å²) < 4.78 is 11.0. The van der Waals surface area contributed by atoms with Crippen LogP contribution in [0.25, 0.3) is 0 Å². The third kappa shape index (κ3) is 6.23. The second kappa shape index (κ2) is 13.4. The Morgan fingerprint density at radius 3 is 1.86 bits per heavy atom. The summed E-state index contributed by atoms with van der Waals surface area (Å²) in [6, 6.07) is 22.0. The molecule has 0 bridgehead atoms. The Labute approximate surface area is 243 Å². The van der Waals surface area contributed by atoms with Gasteiger partial charge >= 0.3 is 11.9 Å². The Bertz CT molecular complexity index is 1620. The van der Waals surface area contributed by atoms with Crippen molar-refractivity contribution in [2.24, 2.45) is 0 Å². The zero-order chi connectivity index (χ0) is 30.2. The van der Waals surface area contributed by atoms with Crippen LogP contribution in [-0.2, 0) is 4.74 Å². The Balaban J connectivity index is 2.02. The van der Waals surface area contributed by atoms with Gasteiger partial charge in [0.25, 0.3) is 0 Å². The summed E-state index contributed by atoms with van der Waals surface area (Å²) in [6.07, 6.45) is 2.13. The number of carbonyl (C=O) groups excluding carboxylic acids is 4. The molecular formula is C34H30O8. The van der Waals surface area contributed by atoms with Crippen LogP contribution >= 0.6 is 0 Å². The highest BCUT2D eigenvalue weighted by molar-refractivity contribution is 6.24. The predicted molar refractivity (Wildman–Crippen MR) is 155 cm³/mol. The Morgan fingerprint density at radius 2 is 1.24 bits per heavy atom.